The molecule has 0 saturated carbocycles. The van der Waals surface area contributed by atoms with Gasteiger partial charge in [0.05, 0.1) is 11.4 Å². The Kier molecular flexibility index (Phi) is 6.46. The lowest BCUT2D eigenvalue weighted by Crippen LogP contribution is -2.54. The van der Waals surface area contributed by atoms with Gasteiger partial charge in [-0.25, -0.2) is 8.42 Å². The van der Waals surface area contributed by atoms with E-state index in [9.17, 15) is 13.2 Å². The van der Waals surface area contributed by atoms with Crippen LogP contribution in [0.2, 0.25) is 5.02 Å². The van der Waals surface area contributed by atoms with Crippen molar-refractivity contribution in [2.45, 2.75) is 50.1 Å². The molecule has 2 atom stereocenters. The van der Waals surface area contributed by atoms with Gasteiger partial charge in [0.1, 0.15) is 0 Å². The first kappa shape index (κ1) is 20.6. The van der Waals surface area contributed by atoms with E-state index in [1.807, 2.05) is 4.90 Å². The number of carbonyl (C=O) groups is 1. The fraction of sp³-hybridized carbons (Fsp3) is 0.632. The molecule has 2 heterocycles. The summed E-state index contributed by atoms with van der Waals surface area (Å²) in [6.45, 7) is 6.51. The van der Waals surface area contributed by atoms with Crippen LogP contribution in [0, 0.1) is 0 Å². The highest BCUT2D eigenvalue weighted by Gasteiger charge is 2.32. The molecule has 0 N–H and O–H groups in total. The van der Waals surface area contributed by atoms with Crippen LogP contribution < -0.4 is 0 Å². The Hall–Kier alpha value is -1.15. The van der Waals surface area contributed by atoms with Gasteiger partial charge < -0.3 is 4.90 Å². The molecule has 1 amide bonds. The van der Waals surface area contributed by atoms with E-state index in [2.05, 4.69) is 18.7 Å². The van der Waals surface area contributed by atoms with Crippen molar-refractivity contribution in [1.29, 1.82) is 0 Å². The zero-order valence-corrected chi connectivity index (χ0v) is 17.5. The highest BCUT2D eigenvalue weighted by atomic mass is 35.5. The minimum Gasteiger partial charge on any atom is -0.336 e. The molecule has 27 heavy (non-hydrogen) atoms. The van der Waals surface area contributed by atoms with E-state index in [0.29, 0.717) is 37.7 Å². The van der Waals surface area contributed by atoms with Crippen LogP contribution in [-0.4, -0.2) is 73.2 Å². The van der Waals surface area contributed by atoms with Gasteiger partial charge in [0.25, 0.3) is 0 Å². The summed E-state index contributed by atoms with van der Waals surface area (Å²) in [7, 11) is -3.52. The van der Waals surface area contributed by atoms with Crippen molar-refractivity contribution in [3.63, 3.8) is 0 Å². The van der Waals surface area contributed by atoms with Crippen LogP contribution in [0.4, 0.5) is 0 Å². The van der Waals surface area contributed by atoms with Crippen molar-refractivity contribution in [1.82, 2.24) is 14.1 Å². The number of benzene rings is 1. The third-order valence-electron chi connectivity index (χ3n) is 5.62. The van der Waals surface area contributed by atoms with Crippen LogP contribution in [-0.2, 0) is 14.8 Å². The van der Waals surface area contributed by atoms with Crippen LogP contribution in [0.3, 0.4) is 0 Å². The molecule has 2 aliphatic rings. The normalized spacial score (nSPS) is 25.5. The maximum absolute atomic E-state index is 12.8. The van der Waals surface area contributed by atoms with E-state index in [-0.39, 0.29) is 22.9 Å². The van der Waals surface area contributed by atoms with Gasteiger partial charge in [0.2, 0.25) is 15.9 Å². The fourth-order valence-corrected chi connectivity index (χ4v) is 5.62. The number of halogens is 1. The standard InChI is InChI=1S/C19H28ClN3O3S/c1-15-4-3-5-16(2)23(15)19(24)14-21-10-12-22(13-11-21)27(25,26)18-8-6-17(20)7-9-18/h6-9,15-16H,3-5,10-14H2,1-2H3/t15-,16+. The number of rotatable bonds is 4. The maximum atomic E-state index is 12.8. The van der Waals surface area contributed by atoms with Crippen molar-refractivity contribution in [2.75, 3.05) is 32.7 Å². The van der Waals surface area contributed by atoms with Gasteiger partial charge in [-0.3, -0.25) is 9.69 Å². The molecule has 0 bridgehead atoms. The predicted octanol–water partition coefficient (Wildman–Crippen LogP) is 2.44. The predicted molar refractivity (Wildman–Crippen MR) is 106 cm³/mol. The van der Waals surface area contributed by atoms with Crippen LogP contribution in [0.25, 0.3) is 0 Å². The molecule has 0 spiro atoms. The molecule has 1 aromatic carbocycles. The molecule has 6 nitrogen and oxygen atoms in total. The molecule has 2 fully saturated rings. The van der Waals surface area contributed by atoms with Gasteiger partial charge in [0, 0.05) is 43.3 Å². The first-order chi connectivity index (χ1) is 12.8. The summed E-state index contributed by atoms with van der Waals surface area (Å²) in [5.41, 5.74) is 0. The minimum absolute atomic E-state index is 0.156. The van der Waals surface area contributed by atoms with Gasteiger partial charge in [-0.15, -0.1) is 0 Å². The molecule has 0 radical (unpaired) electrons. The highest BCUT2D eigenvalue weighted by molar-refractivity contribution is 7.89. The van der Waals surface area contributed by atoms with Gasteiger partial charge >= 0.3 is 0 Å². The summed E-state index contributed by atoms with van der Waals surface area (Å²) >= 11 is 5.85. The average molecular weight is 414 g/mol. The number of hydrogen-bond donors (Lipinski definition) is 0. The summed E-state index contributed by atoms with van der Waals surface area (Å²) in [5.74, 6) is 0.156. The van der Waals surface area contributed by atoms with Crippen LogP contribution >= 0.6 is 11.6 Å². The number of nitrogens with zero attached hydrogens (tertiary/aromatic N) is 3. The summed E-state index contributed by atoms with van der Waals surface area (Å²) in [4.78, 5) is 17.1. The first-order valence-corrected chi connectivity index (χ1v) is 11.4. The molecule has 8 heteroatoms. The first-order valence-electron chi connectivity index (χ1n) is 9.58. The largest absolute Gasteiger partial charge is 0.336 e. The van der Waals surface area contributed by atoms with Crippen LogP contribution in [0.15, 0.2) is 29.2 Å². The summed E-state index contributed by atoms with van der Waals surface area (Å²) in [6.07, 6.45) is 3.29. The number of piperazine rings is 1. The van der Waals surface area contributed by atoms with Gasteiger partial charge in [-0.05, 0) is 57.4 Å². The Morgan fingerprint density at radius 2 is 1.59 bits per heavy atom. The van der Waals surface area contributed by atoms with Crippen LogP contribution in [0.1, 0.15) is 33.1 Å². The Morgan fingerprint density at radius 1 is 1.04 bits per heavy atom. The smallest absolute Gasteiger partial charge is 0.243 e. The second kappa shape index (κ2) is 8.47. The second-order valence-corrected chi connectivity index (χ2v) is 9.94. The Bertz CT molecular complexity index is 751. The zero-order chi connectivity index (χ0) is 19.6. The van der Waals surface area contributed by atoms with Crippen molar-refractivity contribution in [3.8, 4) is 0 Å². The second-order valence-electron chi connectivity index (χ2n) is 7.56. The average Bonchev–Trinajstić information content (AvgIpc) is 2.62. The lowest BCUT2D eigenvalue weighted by Gasteiger charge is -2.41. The summed E-state index contributed by atoms with van der Waals surface area (Å²) in [5, 5.41) is 0.512. The van der Waals surface area contributed by atoms with Crippen molar-refractivity contribution in [3.05, 3.63) is 29.3 Å². The topological polar surface area (TPSA) is 60.9 Å². The maximum Gasteiger partial charge on any atom is 0.243 e. The van der Waals surface area contributed by atoms with E-state index in [1.165, 1.54) is 22.9 Å². The number of sulfonamides is 1. The molecular weight excluding hydrogens is 386 g/mol. The number of carbonyl (C=O) groups excluding carboxylic acids is 1. The van der Waals surface area contributed by atoms with Gasteiger partial charge in [0.15, 0.2) is 0 Å². The Morgan fingerprint density at radius 3 is 2.15 bits per heavy atom. The lowest BCUT2D eigenvalue weighted by atomic mass is 9.97. The van der Waals surface area contributed by atoms with Crippen molar-refractivity contribution >= 4 is 27.5 Å². The fourth-order valence-electron chi connectivity index (χ4n) is 4.07. The summed E-state index contributed by atoms with van der Waals surface area (Å²) < 4.78 is 27.0. The molecule has 1 aromatic rings. The third kappa shape index (κ3) is 4.65. The van der Waals surface area contributed by atoms with Crippen LogP contribution in [0.5, 0.6) is 0 Å². The molecule has 2 aliphatic heterocycles. The number of likely N-dealkylation sites (tertiary alicyclic amines) is 1. The molecule has 150 valence electrons. The zero-order valence-electron chi connectivity index (χ0n) is 16.0. The van der Waals surface area contributed by atoms with E-state index in [1.54, 1.807) is 12.1 Å². The van der Waals surface area contributed by atoms with Crippen molar-refractivity contribution in [2.24, 2.45) is 0 Å². The molecule has 0 unspecified atom stereocenters. The molecule has 3 rings (SSSR count). The number of hydrogen-bond acceptors (Lipinski definition) is 4. The van der Waals surface area contributed by atoms with E-state index >= 15 is 0 Å². The van der Waals surface area contributed by atoms with Gasteiger partial charge in [-0.2, -0.15) is 4.31 Å². The molecule has 0 aromatic heterocycles. The molecule has 0 aliphatic carbocycles. The summed E-state index contributed by atoms with van der Waals surface area (Å²) in [6, 6.07) is 6.81. The monoisotopic (exact) mass is 413 g/mol. The van der Waals surface area contributed by atoms with E-state index in [4.69, 9.17) is 11.6 Å². The Balaban J connectivity index is 1.57. The SMILES string of the molecule is C[C@@H]1CCC[C@H](C)N1C(=O)CN1CCN(S(=O)(=O)c2ccc(Cl)cc2)CC1. The number of piperidine rings is 1. The third-order valence-corrected chi connectivity index (χ3v) is 7.79. The van der Waals surface area contributed by atoms with E-state index in [0.717, 1.165) is 12.8 Å². The molecular formula is C19H28ClN3O3S. The van der Waals surface area contributed by atoms with Gasteiger partial charge in [-0.1, -0.05) is 11.6 Å². The Labute approximate surface area is 167 Å². The van der Waals surface area contributed by atoms with Crippen molar-refractivity contribution < 1.29 is 13.2 Å². The quantitative estimate of drug-likeness (QED) is 0.760. The van der Waals surface area contributed by atoms with E-state index < -0.39 is 10.0 Å². The molecule has 2 saturated heterocycles. The number of amides is 1. The highest BCUT2D eigenvalue weighted by Crippen LogP contribution is 2.23. The minimum atomic E-state index is -3.52. The lowest BCUT2D eigenvalue weighted by molar-refractivity contribution is -0.138.